The van der Waals surface area contributed by atoms with Crippen molar-refractivity contribution in [2.75, 3.05) is 24.8 Å². The number of nitrogens with one attached hydrogen (secondary N) is 1. The third kappa shape index (κ3) is 4.76. The lowest BCUT2D eigenvalue weighted by Gasteiger charge is -2.34. The molecule has 0 aromatic heterocycles. The second-order valence-electron chi connectivity index (χ2n) is 9.52. The van der Waals surface area contributed by atoms with Crippen molar-refractivity contribution in [3.05, 3.63) is 59.7 Å². The van der Waals surface area contributed by atoms with Crippen molar-refractivity contribution in [3.8, 4) is 11.1 Å². The van der Waals surface area contributed by atoms with Crippen LogP contribution in [0.3, 0.4) is 0 Å². The highest BCUT2D eigenvalue weighted by atomic mass is 32.2. The summed E-state index contributed by atoms with van der Waals surface area (Å²) in [6.07, 6.45) is 3.01. The number of hydrogen-bond acceptors (Lipinski definition) is 5. The lowest BCUT2D eigenvalue weighted by Crippen LogP contribution is -2.48. The summed E-state index contributed by atoms with van der Waals surface area (Å²) < 4.78 is 5.65. The van der Waals surface area contributed by atoms with Crippen LogP contribution in [0.15, 0.2) is 48.5 Å². The van der Waals surface area contributed by atoms with Gasteiger partial charge in [-0.2, -0.15) is 0 Å². The van der Waals surface area contributed by atoms with Gasteiger partial charge >= 0.3 is 12.1 Å². The van der Waals surface area contributed by atoms with E-state index in [1.165, 1.54) is 27.8 Å². The smallest absolute Gasteiger partial charge is 0.407 e. The van der Waals surface area contributed by atoms with Gasteiger partial charge in [0.05, 0.1) is 5.88 Å². The zero-order valence-corrected chi connectivity index (χ0v) is 20.3. The van der Waals surface area contributed by atoms with Crippen molar-refractivity contribution in [2.45, 2.75) is 37.6 Å². The summed E-state index contributed by atoms with van der Waals surface area (Å²) in [5.74, 6) is -0.489. The molecule has 1 saturated heterocycles. The van der Waals surface area contributed by atoms with Gasteiger partial charge in [-0.25, -0.2) is 9.59 Å². The Hall–Kier alpha value is -3.00. The molecule has 1 aliphatic heterocycles. The maximum absolute atomic E-state index is 13.2. The largest absolute Gasteiger partial charge is 0.480 e. The fourth-order valence-corrected chi connectivity index (χ4v) is 6.87. The van der Waals surface area contributed by atoms with Gasteiger partial charge < -0.3 is 20.1 Å². The highest BCUT2D eigenvalue weighted by Gasteiger charge is 2.41. The van der Waals surface area contributed by atoms with E-state index in [0.717, 1.165) is 36.8 Å². The van der Waals surface area contributed by atoms with Crippen LogP contribution < -0.4 is 5.32 Å². The number of carboxylic acid groups (broad SMARTS) is 1. The minimum atomic E-state index is -0.951. The van der Waals surface area contributed by atoms with Gasteiger partial charge in [0, 0.05) is 24.1 Å². The number of hydrogen-bond donors (Lipinski definition) is 2. The van der Waals surface area contributed by atoms with E-state index in [1.54, 1.807) is 0 Å². The molecule has 184 valence electrons. The van der Waals surface area contributed by atoms with Gasteiger partial charge in [-0.05, 0) is 41.0 Å². The van der Waals surface area contributed by atoms with E-state index in [4.69, 9.17) is 4.74 Å². The zero-order chi connectivity index (χ0) is 24.4. The van der Waals surface area contributed by atoms with Gasteiger partial charge in [0.1, 0.15) is 12.6 Å². The third-order valence-electron chi connectivity index (χ3n) is 7.53. The van der Waals surface area contributed by atoms with E-state index in [9.17, 15) is 19.5 Å². The molecule has 8 heteroatoms. The molecule has 0 spiro atoms. The van der Waals surface area contributed by atoms with Gasteiger partial charge in [0.15, 0.2) is 0 Å². The van der Waals surface area contributed by atoms with E-state index < -0.39 is 18.1 Å². The molecule has 2 N–H and O–H groups in total. The van der Waals surface area contributed by atoms with Crippen molar-refractivity contribution < 1.29 is 24.2 Å². The fourth-order valence-electron chi connectivity index (χ4n) is 5.72. The van der Waals surface area contributed by atoms with E-state index in [2.05, 4.69) is 29.6 Å². The molecule has 0 bridgehead atoms. The first-order valence-electron chi connectivity index (χ1n) is 12.2. The van der Waals surface area contributed by atoms with E-state index in [-0.39, 0.29) is 30.3 Å². The Morgan fingerprint density at radius 3 is 2.34 bits per heavy atom. The average molecular weight is 495 g/mol. The molecule has 0 radical (unpaired) electrons. The predicted octanol–water partition coefficient (Wildman–Crippen LogP) is 4.32. The molecule has 2 aliphatic carbocycles. The molecule has 2 aromatic carbocycles. The highest BCUT2D eigenvalue weighted by molar-refractivity contribution is 7.99. The molecule has 1 heterocycles. The number of carboxylic acids is 1. The van der Waals surface area contributed by atoms with Crippen molar-refractivity contribution >= 4 is 29.7 Å². The number of amides is 2. The van der Waals surface area contributed by atoms with Gasteiger partial charge in [0.25, 0.3) is 0 Å². The number of rotatable bonds is 6. The molecule has 2 aromatic rings. The highest BCUT2D eigenvalue weighted by Crippen LogP contribution is 2.44. The number of carbonyl (C=O) groups is 3. The van der Waals surface area contributed by atoms with E-state index >= 15 is 0 Å². The van der Waals surface area contributed by atoms with Crippen molar-refractivity contribution in [1.29, 1.82) is 0 Å². The standard InChI is InChI=1S/C27H30N2O5S/c30-25(29-16-35-15-24(29)26(31)32)18-8-2-1-7-17(18)13-28-27(33)34-14-23-21-11-5-3-9-19(21)20-10-4-6-12-22(20)23/h3-6,9-12,17-18,23-24H,1-2,7-8,13-16H2,(H,28,33)(H,31,32)/t17-,18-,24?/m1/s1. The van der Waals surface area contributed by atoms with Crippen LogP contribution in [0, 0.1) is 11.8 Å². The Labute approximate surface area is 209 Å². The van der Waals surface area contributed by atoms with Gasteiger partial charge in [0.2, 0.25) is 5.91 Å². The number of ether oxygens (including phenoxy) is 1. The monoisotopic (exact) mass is 494 g/mol. The molecule has 35 heavy (non-hydrogen) atoms. The SMILES string of the molecule is O=C(NC[C@H]1CCCC[C@H]1C(=O)N1CSCC1C(=O)O)OCC1c2ccccc2-c2ccccc21. The molecule has 3 aliphatic rings. The maximum Gasteiger partial charge on any atom is 0.407 e. The lowest BCUT2D eigenvalue weighted by atomic mass is 9.78. The number of fused-ring (bicyclic) bond motifs is 3. The van der Waals surface area contributed by atoms with Crippen molar-refractivity contribution in [3.63, 3.8) is 0 Å². The van der Waals surface area contributed by atoms with Crippen LogP contribution in [0.4, 0.5) is 4.79 Å². The molecular weight excluding hydrogens is 464 g/mol. The normalized spacial score (nSPS) is 23.4. The minimum absolute atomic E-state index is 0.00206. The summed E-state index contributed by atoms with van der Waals surface area (Å²) in [6.45, 7) is 0.601. The predicted molar refractivity (Wildman–Crippen MR) is 134 cm³/mol. The Kier molecular flexibility index (Phi) is 7.00. The number of benzene rings is 2. The number of aliphatic carboxylic acids is 1. The van der Waals surface area contributed by atoms with E-state index in [0.29, 0.717) is 18.2 Å². The Morgan fingerprint density at radius 2 is 1.66 bits per heavy atom. The van der Waals surface area contributed by atoms with Crippen LogP contribution in [-0.4, -0.2) is 58.8 Å². The number of alkyl carbamates (subject to hydrolysis) is 1. The summed E-state index contributed by atoms with van der Waals surface area (Å²) >= 11 is 1.47. The van der Waals surface area contributed by atoms with Crippen LogP contribution in [0.2, 0.25) is 0 Å². The summed E-state index contributed by atoms with van der Waals surface area (Å²) in [5.41, 5.74) is 4.69. The summed E-state index contributed by atoms with van der Waals surface area (Å²) in [6, 6.07) is 15.7. The summed E-state index contributed by atoms with van der Waals surface area (Å²) in [4.78, 5) is 38.9. The summed E-state index contributed by atoms with van der Waals surface area (Å²) in [7, 11) is 0. The molecule has 2 fully saturated rings. The number of carbonyl (C=O) groups excluding carboxylic acids is 2. The minimum Gasteiger partial charge on any atom is -0.480 e. The number of nitrogens with zero attached hydrogens (tertiary/aromatic N) is 1. The zero-order valence-electron chi connectivity index (χ0n) is 19.5. The first-order valence-corrected chi connectivity index (χ1v) is 13.4. The summed E-state index contributed by atoms with van der Waals surface area (Å²) in [5, 5.41) is 12.3. The lowest BCUT2D eigenvalue weighted by molar-refractivity contribution is -0.150. The second kappa shape index (κ2) is 10.3. The topological polar surface area (TPSA) is 95.9 Å². The molecule has 1 saturated carbocycles. The third-order valence-corrected chi connectivity index (χ3v) is 8.54. The molecular formula is C27H30N2O5S. The first-order chi connectivity index (χ1) is 17.0. The van der Waals surface area contributed by atoms with Crippen molar-refractivity contribution in [1.82, 2.24) is 10.2 Å². The van der Waals surface area contributed by atoms with Gasteiger partial charge in [-0.15, -0.1) is 11.8 Å². The van der Waals surface area contributed by atoms with Gasteiger partial charge in [-0.3, -0.25) is 4.79 Å². The quantitative estimate of drug-likeness (QED) is 0.621. The van der Waals surface area contributed by atoms with Crippen LogP contribution >= 0.6 is 11.8 Å². The van der Waals surface area contributed by atoms with Gasteiger partial charge in [-0.1, -0.05) is 61.4 Å². The Balaban J connectivity index is 1.19. The molecule has 1 unspecified atom stereocenters. The number of thioether (sulfide) groups is 1. The van der Waals surface area contributed by atoms with Crippen LogP contribution in [0.1, 0.15) is 42.7 Å². The molecule has 2 amide bonds. The first kappa shape index (κ1) is 23.7. The average Bonchev–Trinajstić information content (AvgIpc) is 3.50. The van der Waals surface area contributed by atoms with Crippen molar-refractivity contribution in [2.24, 2.45) is 11.8 Å². The molecule has 7 nitrogen and oxygen atoms in total. The molecule has 3 atom stereocenters. The maximum atomic E-state index is 13.2. The second-order valence-corrected chi connectivity index (χ2v) is 10.5. The van der Waals surface area contributed by atoms with E-state index in [1.807, 2.05) is 24.3 Å². The van der Waals surface area contributed by atoms with Crippen LogP contribution in [0.5, 0.6) is 0 Å². The van der Waals surface area contributed by atoms with Crippen LogP contribution in [-0.2, 0) is 14.3 Å². The molecule has 5 rings (SSSR count). The fraction of sp³-hybridized carbons (Fsp3) is 0.444. The Bertz CT molecular complexity index is 1080. The Morgan fingerprint density at radius 1 is 1.00 bits per heavy atom. The van der Waals surface area contributed by atoms with Crippen LogP contribution in [0.25, 0.3) is 11.1 Å².